The standard InChI is InChI=1S/C15H13BrN4O3S/c1-3-11(23-10-6-4-9(16)5-7-10)13-17-18-14(24-13)20-12(21)8-19(2)15(20)22/h1,4-7,11-12,21H,8H2,2H3. The summed E-state index contributed by atoms with van der Waals surface area (Å²) in [5.74, 6) is 3.11. The Morgan fingerprint density at radius 2 is 2.17 bits per heavy atom. The van der Waals surface area contributed by atoms with Crippen molar-refractivity contribution in [1.29, 1.82) is 0 Å². The van der Waals surface area contributed by atoms with Crippen LogP contribution in [0, 0.1) is 12.3 Å². The molecule has 0 saturated carbocycles. The molecule has 124 valence electrons. The number of hydrogen-bond donors (Lipinski definition) is 1. The van der Waals surface area contributed by atoms with Crippen LogP contribution in [0.25, 0.3) is 0 Å². The third kappa shape index (κ3) is 3.21. The van der Waals surface area contributed by atoms with Crippen molar-refractivity contribution >= 4 is 38.4 Å². The number of halogens is 1. The van der Waals surface area contributed by atoms with E-state index in [-0.39, 0.29) is 17.7 Å². The molecule has 1 aromatic heterocycles. The largest absolute Gasteiger partial charge is 0.470 e. The quantitative estimate of drug-likeness (QED) is 0.784. The number of terminal acetylenes is 1. The summed E-state index contributed by atoms with van der Waals surface area (Å²) in [4.78, 5) is 14.6. The summed E-state index contributed by atoms with van der Waals surface area (Å²) in [6.45, 7) is 0.210. The molecule has 0 radical (unpaired) electrons. The van der Waals surface area contributed by atoms with Gasteiger partial charge in [-0.05, 0) is 24.3 Å². The normalized spacial score (nSPS) is 18.6. The molecule has 1 aliphatic heterocycles. The fourth-order valence-electron chi connectivity index (χ4n) is 2.16. The van der Waals surface area contributed by atoms with Crippen molar-refractivity contribution in [2.75, 3.05) is 18.5 Å². The zero-order chi connectivity index (χ0) is 17.3. The Bertz CT molecular complexity index is 789. The van der Waals surface area contributed by atoms with Crippen LogP contribution in [0.1, 0.15) is 11.1 Å². The van der Waals surface area contributed by atoms with E-state index < -0.39 is 12.3 Å². The third-order valence-corrected chi connectivity index (χ3v) is 4.84. The molecule has 1 aromatic carbocycles. The monoisotopic (exact) mass is 408 g/mol. The second kappa shape index (κ2) is 6.76. The first kappa shape index (κ1) is 16.7. The zero-order valence-electron chi connectivity index (χ0n) is 12.6. The van der Waals surface area contributed by atoms with Gasteiger partial charge in [-0.1, -0.05) is 33.2 Å². The van der Waals surface area contributed by atoms with Crippen molar-refractivity contribution < 1.29 is 14.6 Å². The molecule has 24 heavy (non-hydrogen) atoms. The molecule has 1 aliphatic rings. The molecule has 2 amide bonds. The lowest BCUT2D eigenvalue weighted by Crippen LogP contribution is -2.34. The van der Waals surface area contributed by atoms with Gasteiger partial charge in [-0.3, -0.25) is 0 Å². The highest BCUT2D eigenvalue weighted by Crippen LogP contribution is 2.31. The summed E-state index contributed by atoms with van der Waals surface area (Å²) < 4.78 is 6.66. The molecule has 9 heteroatoms. The Kier molecular flexibility index (Phi) is 4.71. The molecule has 0 bridgehead atoms. The molecule has 1 fully saturated rings. The maximum atomic E-state index is 12.0. The minimum Gasteiger partial charge on any atom is -0.470 e. The number of aliphatic hydroxyl groups is 1. The van der Waals surface area contributed by atoms with E-state index in [0.717, 1.165) is 15.8 Å². The molecule has 7 nitrogen and oxygen atoms in total. The van der Waals surface area contributed by atoms with E-state index in [1.807, 2.05) is 12.1 Å². The van der Waals surface area contributed by atoms with E-state index in [9.17, 15) is 9.90 Å². The number of anilines is 1. The number of ether oxygens (including phenoxy) is 1. The summed E-state index contributed by atoms with van der Waals surface area (Å²) in [6, 6.07) is 6.89. The molecule has 0 aliphatic carbocycles. The van der Waals surface area contributed by atoms with Gasteiger partial charge in [-0.25, -0.2) is 9.69 Å². The number of likely N-dealkylation sites (N-methyl/N-ethyl adjacent to an activating group) is 1. The first-order valence-corrected chi connectivity index (χ1v) is 8.54. The van der Waals surface area contributed by atoms with Gasteiger partial charge in [0.1, 0.15) is 5.75 Å². The Hall–Kier alpha value is -2.15. The fourth-order valence-corrected chi connectivity index (χ4v) is 3.30. The number of urea groups is 1. The molecular formula is C15H13BrN4O3S. The second-order valence-electron chi connectivity index (χ2n) is 5.06. The molecular weight excluding hydrogens is 396 g/mol. The highest BCUT2D eigenvalue weighted by molar-refractivity contribution is 9.10. The third-order valence-electron chi connectivity index (χ3n) is 3.35. The van der Waals surface area contributed by atoms with Crippen molar-refractivity contribution in [2.24, 2.45) is 0 Å². The SMILES string of the molecule is C#CC(Oc1ccc(Br)cc1)c1nnc(N2C(=O)N(C)CC2O)s1. The number of nitrogens with zero attached hydrogens (tertiary/aromatic N) is 4. The number of carbonyl (C=O) groups excluding carboxylic acids is 1. The maximum absolute atomic E-state index is 12.0. The number of aliphatic hydroxyl groups excluding tert-OH is 1. The average Bonchev–Trinajstić information content (AvgIpc) is 3.12. The smallest absolute Gasteiger partial charge is 0.328 e. The minimum absolute atomic E-state index is 0.210. The van der Waals surface area contributed by atoms with E-state index in [2.05, 4.69) is 32.0 Å². The maximum Gasteiger partial charge on any atom is 0.328 e. The van der Waals surface area contributed by atoms with Gasteiger partial charge in [0.25, 0.3) is 0 Å². The molecule has 1 N–H and O–H groups in total. The van der Waals surface area contributed by atoms with Crippen molar-refractivity contribution in [2.45, 2.75) is 12.3 Å². The van der Waals surface area contributed by atoms with Crippen LogP contribution in [0.4, 0.5) is 9.93 Å². The average molecular weight is 409 g/mol. The van der Waals surface area contributed by atoms with Crippen LogP contribution in [-0.4, -0.2) is 46.1 Å². The van der Waals surface area contributed by atoms with Gasteiger partial charge in [0.15, 0.2) is 11.2 Å². The number of rotatable bonds is 4. The summed E-state index contributed by atoms with van der Waals surface area (Å²) in [5.41, 5.74) is 0. The number of amides is 2. The van der Waals surface area contributed by atoms with Gasteiger partial charge in [0.2, 0.25) is 11.2 Å². The second-order valence-corrected chi connectivity index (χ2v) is 6.96. The highest BCUT2D eigenvalue weighted by Gasteiger charge is 2.37. The van der Waals surface area contributed by atoms with Crippen LogP contribution >= 0.6 is 27.3 Å². The predicted molar refractivity (Wildman–Crippen MR) is 92.8 cm³/mol. The van der Waals surface area contributed by atoms with E-state index in [1.54, 1.807) is 19.2 Å². The van der Waals surface area contributed by atoms with Crippen LogP contribution in [0.3, 0.4) is 0 Å². The number of hydrogen-bond acceptors (Lipinski definition) is 6. The topological polar surface area (TPSA) is 78.8 Å². The Morgan fingerprint density at radius 1 is 1.46 bits per heavy atom. The summed E-state index contributed by atoms with van der Waals surface area (Å²) >= 11 is 4.46. The summed E-state index contributed by atoms with van der Waals surface area (Å²) in [7, 11) is 1.61. The molecule has 2 aromatic rings. The zero-order valence-corrected chi connectivity index (χ0v) is 15.0. The predicted octanol–water partition coefficient (Wildman–Crippen LogP) is 2.24. The lowest BCUT2D eigenvalue weighted by molar-refractivity contribution is 0.183. The van der Waals surface area contributed by atoms with E-state index >= 15 is 0 Å². The van der Waals surface area contributed by atoms with Gasteiger partial charge >= 0.3 is 6.03 Å². The molecule has 2 heterocycles. The van der Waals surface area contributed by atoms with Gasteiger partial charge in [0, 0.05) is 11.5 Å². The Morgan fingerprint density at radius 3 is 2.75 bits per heavy atom. The van der Waals surface area contributed by atoms with E-state index in [4.69, 9.17) is 11.2 Å². The van der Waals surface area contributed by atoms with Crippen LogP contribution < -0.4 is 9.64 Å². The van der Waals surface area contributed by atoms with Crippen LogP contribution in [-0.2, 0) is 0 Å². The van der Waals surface area contributed by atoms with Crippen molar-refractivity contribution in [3.05, 3.63) is 33.7 Å². The lowest BCUT2D eigenvalue weighted by atomic mass is 10.3. The molecule has 0 spiro atoms. The number of benzene rings is 1. The van der Waals surface area contributed by atoms with E-state index in [0.29, 0.717) is 10.8 Å². The Labute approximate surface area is 151 Å². The number of β-amino-alcohol motifs (C(OH)–C–C–N with tert-alkyl or cyclic N) is 1. The van der Waals surface area contributed by atoms with Crippen molar-refractivity contribution in [1.82, 2.24) is 15.1 Å². The summed E-state index contributed by atoms with van der Waals surface area (Å²) in [6.07, 6.45) is 3.85. The Balaban J connectivity index is 1.79. The molecule has 3 rings (SSSR count). The van der Waals surface area contributed by atoms with E-state index in [1.165, 1.54) is 9.80 Å². The van der Waals surface area contributed by atoms with Crippen molar-refractivity contribution in [3.63, 3.8) is 0 Å². The lowest BCUT2D eigenvalue weighted by Gasteiger charge is -2.14. The number of carbonyl (C=O) groups is 1. The van der Waals surface area contributed by atoms with Crippen LogP contribution in [0.5, 0.6) is 5.75 Å². The van der Waals surface area contributed by atoms with Crippen LogP contribution in [0.2, 0.25) is 0 Å². The fraction of sp³-hybridized carbons (Fsp3) is 0.267. The first-order valence-electron chi connectivity index (χ1n) is 6.93. The highest BCUT2D eigenvalue weighted by atomic mass is 79.9. The van der Waals surface area contributed by atoms with Gasteiger partial charge in [-0.15, -0.1) is 16.6 Å². The molecule has 1 saturated heterocycles. The molecule has 2 unspecified atom stereocenters. The van der Waals surface area contributed by atoms with Gasteiger partial charge in [-0.2, -0.15) is 0 Å². The first-order chi connectivity index (χ1) is 11.5. The van der Waals surface area contributed by atoms with Gasteiger partial charge in [0.05, 0.1) is 6.54 Å². The molecule has 2 atom stereocenters. The number of aromatic nitrogens is 2. The minimum atomic E-state index is -0.958. The summed E-state index contributed by atoms with van der Waals surface area (Å²) in [5, 5.41) is 18.7. The van der Waals surface area contributed by atoms with Crippen LogP contribution in [0.15, 0.2) is 28.7 Å². The van der Waals surface area contributed by atoms with Gasteiger partial charge < -0.3 is 14.7 Å². The van der Waals surface area contributed by atoms with Crippen molar-refractivity contribution in [3.8, 4) is 18.1 Å².